The van der Waals surface area contributed by atoms with E-state index < -0.39 is 11.5 Å². The summed E-state index contributed by atoms with van der Waals surface area (Å²) in [6, 6.07) is 8.34. The van der Waals surface area contributed by atoms with Crippen LogP contribution in [0.5, 0.6) is 0 Å². The third-order valence-electron chi connectivity index (χ3n) is 3.84. The summed E-state index contributed by atoms with van der Waals surface area (Å²) in [5.41, 5.74) is -0.416. The first-order chi connectivity index (χ1) is 9.49. The number of hydrogen-bond acceptors (Lipinski definition) is 3. The number of benzene rings is 1. The summed E-state index contributed by atoms with van der Waals surface area (Å²) in [5, 5.41) is 18.3. The van der Waals surface area contributed by atoms with Crippen molar-refractivity contribution in [3.63, 3.8) is 0 Å². The third-order valence-corrected chi connectivity index (χ3v) is 3.84. The summed E-state index contributed by atoms with van der Waals surface area (Å²) in [6.45, 7) is 2.01. The number of carbonyl (C=O) groups is 2. The molecule has 104 valence electrons. The molecule has 0 spiro atoms. The lowest BCUT2D eigenvalue weighted by Crippen LogP contribution is -2.57. The number of amides is 1. The van der Waals surface area contributed by atoms with Crippen LogP contribution in [0, 0.1) is 11.3 Å². The van der Waals surface area contributed by atoms with Gasteiger partial charge in [-0.1, -0.05) is 6.07 Å². The molecule has 1 atom stereocenters. The van der Waals surface area contributed by atoms with Crippen LogP contribution in [0.3, 0.4) is 0 Å². The number of aliphatic carboxylic acids is 1. The zero-order valence-electron chi connectivity index (χ0n) is 11.3. The van der Waals surface area contributed by atoms with Crippen LogP contribution >= 0.6 is 0 Å². The van der Waals surface area contributed by atoms with Crippen molar-refractivity contribution in [2.45, 2.75) is 31.7 Å². The van der Waals surface area contributed by atoms with E-state index in [1.54, 1.807) is 25.1 Å². The van der Waals surface area contributed by atoms with Crippen LogP contribution in [0.15, 0.2) is 24.3 Å². The van der Waals surface area contributed by atoms with Crippen LogP contribution in [-0.4, -0.2) is 34.0 Å². The smallest absolute Gasteiger partial charge is 0.329 e. The summed E-state index contributed by atoms with van der Waals surface area (Å²) < 4.78 is 0. The first kappa shape index (κ1) is 14.1. The quantitative estimate of drug-likeness (QED) is 0.893. The number of nitrogens with zero attached hydrogens (tertiary/aromatic N) is 2. The molecular weight excluding hydrogens is 256 g/mol. The number of likely N-dealkylation sites (tertiary alicyclic amines) is 1. The Balaban J connectivity index is 2.35. The summed E-state index contributed by atoms with van der Waals surface area (Å²) in [5.74, 6) is -1.31. The highest BCUT2D eigenvalue weighted by atomic mass is 16.4. The molecule has 1 unspecified atom stereocenters. The highest BCUT2D eigenvalue weighted by molar-refractivity contribution is 5.98. The SMILES string of the molecule is CC1(C(=O)O)CCCCN1C(=O)c1cccc(C#N)c1. The Morgan fingerprint density at radius 1 is 1.40 bits per heavy atom. The Hall–Kier alpha value is -2.35. The monoisotopic (exact) mass is 272 g/mol. The van der Waals surface area contributed by atoms with Crippen molar-refractivity contribution in [2.24, 2.45) is 0 Å². The van der Waals surface area contributed by atoms with E-state index >= 15 is 0 Å². The Kier molecular flexibility index (Phi) is 3.75. The van der Waals surface area contributed by atoms with E-state index in [0.29, 0.717) is 24.1 Å². The van der Waals surface area contributed by atoms with Gasteiger partial charge in [0.05, 0.1) is 11.6 Å². The maximum Gasteiger partial charge on any atom is 0.329 e. The van der Waals surface area contributed by atoms with Crippen molar-refractivity contribution in [3.8, 4) is 6.07 Å². The maximum absolute atomic E-state index is 12.5. The van der Waals surface area contributed by atoms with Gasteiger partial charge in [0.15, 0.2) is 0 Å². The lowest BCUT2D eigenvalue weighted by molar-refractivity contribution is -0.150. The molecule has 5 nitrogen and oxygen atoms in total. The standard InChI is InChI=1S/C15H16N2O3/c1-15(14(19)20)7-2-3-8-17(15)13(18)12-6-4-5-11(9-12)10-16/h4-6,9H,2-3,7-8H2,1H3,(H,19,20). The molecule has 1 N–H and O–H groups in total. The van der Waals surface area contributed by atoms with E-state index in [2.05, 4.69) is 0 Å². The first-order valence-electron chi connectivity index (χ1n) is 6.54. The number of carboxylic acid groups (broad SMARTS) is 1. The van der Waals surface area contributed by atoms with Gasteiger partial charge < -0.3 is 10.0 Å². The highest BCUT2D eigenvalue weighted by Gasteiger charge is 2.44. The van der Waals surface area contributed by atoms with Crippen LogP contribution in [-0.2, 0) is 4.79 Å². The molecule has 5 heteroatoms. The minimum Gasteiger partial charge on any atom is -0.480 e. The summed E-state index contributed by atoms with van der Waals surface area (Å²) in [6.07, 6.45) is 2.05. The van der Waals surface area contributed by atoms with Crippen molar-refractivity contribution in [2.75, 3.05) is 6.54 Å². The molecule has 0 aromatic heterocycles. The van der Waals surface area contributed by atoms with Crippen molar-refractivity contribution in [1.82, 2.24) is 4.90 Å². The fraction of sp³-hybridized carbons (Fsp3) is 0.400. The molecule has 1 fully saturated rings. The Labute approximate surface area is 117 Å². The first-order valence-corrected chi connectivity index (χ1v) is 6.54. The normalized spacial score (nSPS) is 22.1. The topological polar surface area (TPSA) is 81.4 Å². The summed E-state index contributed by atoms with van der Waals surface area (Å²) in [7, 11) is 0. The minimum atomic E-state index is -1.17. The molecule has 0 aliphatic carbocycles. The second-order valence-electron chi connectivity index (χ2n) is 5.19. The van der Waals surface area contributed by atoms with Crippen molar-refractivity contribution < 1.29 is 14.7 Å². The number of rotatable bonds is 2. The highest BCUT2D eigenvalue weighted by Crippen LogP contribution is 2.29. The average molecular weight is 272 g/mol. The van der Waals surface area contributed by atoms with Gasteiger partial charge in [-0.15, -0.1) is 0 Å². The van der Waals surface area contributed by atoms with Gasteiger partial charge >= 0.3 is 5.97 Å². The van der Waals surface area contributed by atoms with E-state index in [1.165, 1.54) is 11.0 Å². The van der Waals surface area contributed by atoms with E-state index in [4.69, 9.17) is 5.26 Å². The summed E-state index contributed by atoms with van der Waals surface area (Å²) >= 11 is 0. The molecule has 1 aliphatic heterocycles. The number of carboxylic acids is 1. The van der Waals surface area contributed by atoms with Crippen LogP contribution in [0.4, 0.5) is 0 Å². The molecule has 1 aromatic rings. The zero-order valence-corrected chi connectivity index (χ0v) is 11.3. The molecule has 0 bridgehead atoms. The van der Waals surface area contributed by atoms with Gasteiger partial charge in [0.25, 0.3) is 5.91 Å². The zero-order chi connectivity index (χ0) is 14.8. The van der Waals surface area contributed by atoms with E-state index in [0.717, 1.165) is 12.8 Å². The lowest BCUT2D eigenvalue weighted by atomic mass is 9.87. The van der Waals surface area contributed by atoms with Gasteiger partial charge in [-0.05, 0) is 44.4 Å². The second kappa shape index (κ2) is 5.33. The molecule has 1 saturated heterocycles. The van der Waals surface area contributed by atoms with Crippen LogP contribution in [0.2, 0.25) is 0 Å². The average Bonchev–Trinajstić information content (AvgIpc) is 2.47. The van der Waals surface area contributed by atoms with Gasteiger partial charge in [-0.3, -0.25) is 4.79 Å². The van der Waals surface area contributed by atoms with E-state index in [1.807, 2.05) is 6.07 Å². The Morgan fingerprint density at radius 3 is 2.80 bits per heavy atom. The van der Waals surface area contributed by atoms with Crippen LogP contribution in [0.25, 0.3) is 0 Å². The molecule has 2 rings (SSSR count). The fourth-order valence-electron chi connectivity index (χ4n) is 2.55. The van der Waals surface area contributed by atoms with Crippen molar-refractivity contribution in [3.05, 3.63) is 35.4 Å². The molecular formula is C15H16N2O3. The van der Waals surface area contributed by atoms with Gasteiger partial charge in [0, 0.05) is 12.1 Å². The predicted molar refractivity (Wildman–Crippen MR) is 72.1 cm³/mol. The van der Waals surface area contributed by atoms with Crippen molar-refractivity contribution in [1.29, 1.82) is 5.26 Å². The fourth-order valence-corrected chi connectivity index (χ4v) is 2.55. The number of nitriles is 1. The Bertz CT molecular complexity index is 591. The van der Waals surface area contributed by atoms with Crippen LogP contribution < -0.4 is 0 Å². The van der Waals surface area contributed by atoms with Gasteiger partial charge in [-0.25, -0.2) is 4.79 Å². The Morgan fingerprint density at radius 2 is 2.15 bits per heavy atom. The lowest BCUT2D eigenvalue weighted by Gasteiger charge is -2.41. The third kappa shape index (κ3) is 2.37. The number of carbonyl (C=O) groups excluding carboxylic acids is 1. The van der Waals surface area contributed by atoms with Crippen LogP contribution in [0.1, 0.15) is 42.1 Å². The van der Waals surface area contributed by atoms with Crippen molar-refractivity contribution >= 4 is 11.9 Å². The second-order valence-corrected chi connectivity index (χ2v) is 5.19. The predicted octanol–water partition coefficient (Wildman–Crippen LogP) is 2.03. The van der Waals surface area contributed by atoms with Gasteiger partial charge in [-0.2, -0.15) is 5.26 Å². The maximum atomic E-state index is 12.5. The molecule has 0 saturated carbocycles. The van der Waals surface area contributed by atoms with E-state index in [9.17, 15) is 14.7 Å². The molecule has 1 heterocycles. The van der Waals surface area contributed by atoms with E-state index in [-0.39, 0.29) is 5.91 Å². The van der Waals surface area contributed by atoms with Gasteiger partial charge in [0.1, 0.15) is 5.54 Å². The molecule has 20 heavy (non-hydrogen) atoms. The number of hydrogen-bond donors (Lipinski definition) is 1. The summed E-state index contributed by atoms with van der Waals surface area (Å²) in [4.78, 5) is 25.5. The number of piperidine rings is 1. The molecule has 1 aromatic carbocycles. The molecule has 0 radical (unpaired) electrons. The molecule has 1 amide bonds. The minimum absolute atomic E-state index is 0.327. The largest absolute Gasteiger partial charge is 0.480 e. The molecule has 1 aliphatic rings. The van der Waals surface area contributed by atoms with Gasteiger partial charge in [0.2, 0.25) is 0 Å².